The van der Waals surface area contributed by atoms with E-state index in [0.717, 1.165) is 12.1 Å². The van der Waals surface area contributed by atoms with Gasteiger partial charge in [-0.2, -0.15) is 0 Å². The maximum absolute atomic E-state index is 4.23. The van der Waals surface area contributed by atoms with Crippen LogP contribution in [-0.2, 0) is 0 Å². The van der Waals surface area contributed by atoms with E-state index < -0.39 is 0 Å². The Balaban J connectivity index is 2.86. The van der Waals surface area contributed by atoms with Gasteiger partial charge in [-0.25, -0.2) is 0 Å². The van der Waals surface area contributed by atoms with Crippen LogP contribution >= 0.6 is 0 Å². The highest BCUT2D eigenvalue weighted by molar-refractivity contribution is 5.48. The van der Waals surface area contributed by atoms with Crippen LogP contribution < -0.4 is 0 Å². The Morgan fingerprint density at radius 2 is 2.36 bits per heavy atom. The molecule has 0 aliphatic carbocycles. The fourth-order valence-electron chi connectivity index (χ4n) is 0.902. The van der Waals surface area contributed by atoms with E-state index in [2.05, 4.69) is 37.0 Å². The summed E-state index contributed by atoms with van der Waals surface area (Å²) < 4.78 is 0. The first-order valence-corrected chi connectivity index (χ1v) is 3.92. The van der Waals surface area contributed by atoms with Crippen LogP contribution in [0.2, 0.25) is 0 Å². The molecule has 0 atom stereocenters. The molecule has 1 rings (SSSR count). The lowest BCUT2D eigenvalue weighted by Gasteiger charge is -1.95. The normalized spacial score (nSPS) is 10.7. The van der Waals surface area contributed by atoms with Gasteiger partial charge < -0.3 is 0 Å². The molecule has 58 valence electrons. The maximum atomic E-state index is 4.23. The molecule has 0 amide bonds. The summed E-state index contributed by atoms with van der Waals surface area (Å²) in [4.78, 5) is 4.23. The van der Waals surface area contributed by atoms with E-state index in [0.29, 0.717) is 0 Å². The molecule has 0 bridgehead atoms. The van der Waals surface area contributed by atoms with Gasteiger partial charge in [0.05, 0.1) is 5.69 Å². The van der Waals surface area contributed by atoms with Crippen molar-refractivity contribution in [3.63, 3.8) is 0 Å². The standard InChI is InChI=1S/C10H13N/c1-3-4-7-10-9(2)6-5-8-11-10/h4-8H,3H2,1-2H3/b7-4+. The Morgan fingerprint density at radius 1 is 1.55 bits per heavy atom. The third kappa shape index (κ3) is 2.19. The Bertz CT molecular complexity index is 251. The molecule has 1 aromatic heterocycles. The van der Waals surface area contributed by atoms with Crippen molar-refractivity contribution >= 4 is 6.08 Å². The lowest BCUT2D eigenvalue weighted by molar-refractivity contribution is 1.20. The largest absolute Gasteiger partial charge is 0.257 e. The summed E-state index contributed by atoms with van der Waals surface area (Å²) in [5.74, 6) is 0. The van der Waals surface area contributed by atoms with Crippen LogP contribution in [0, 0.1) is 6.92 Å². The van der Waals surface area contributed by atoms with E-state index in [4.69, 9.17) is 0 Å². The summed E-state index contributed by atoms with van der Waals surface area (Å²) in [7, 11) is 0. The van der Waals surface area contributed by atoms with Crippen LogP contribution in [0.1, 0.15) is 24.6 Å². The second-order valence-electron chi connectivity index (χ2n) is 2.52. The van der Waals surface area contributed by atoms with Crippen LogP contribution in [0.4, 0.5) is 0 Å². The lowest BCUT2D eigenvalue weighted by Crippen LogP contribution is -1.83. The summed E-state index contributed by atoms with van der Waals surface area (Å²) in [6.45, 7) is 4.19. The third-order valence-corrected chi connectivity index (χ3v) is 1.56. The molecule has 11 heavy (non-hydrogen) atoms. The van der Waals surface area contributed by atoms with Crippen molar-refractivity contribution < 1.29 is 0 Å². The smallest absolute Gasteiger partial charge is 0.0655 e. The predicted molar refractivity (Wildman–Crippen MR) is 48.3 cm³/mol. The van der Waals surface area contributed by atoms with Crippen LogP contribution in [0.15, 0.2) is 24.4 Å². The molecule has 0 fully saturated rings. The molecule has 0 aliphatic rings. The van der Waals surface area contributed by atoms with Crippen molar-refractivity contribution in [2.24, 2.45) is 0 Å². The first-order valence-electron chi connectivity index (χ1n) is 3.92. The Morgan fingerprint density at radius 3 is 3.00 bits per heavy atom. The zero-order valence-corrected chi connectivity index (χ0v) is 7.04. The zero-order chi connectivity index (χ0) is 8.10. The maximum Gasteiger partial charge on any atom is 0.0655 e. The van der Waals surface area contributed by atoms with Crippen LogP contribution in [0.3, 0.4) is 0 Å². The fourth-order valence-corrected chi connectivity index (χ4v) is 0.902. The molecule has 0 spiro atoms. The van der Waals surface area contributed by atoms with Crippen molar-refractivity contribution in [2.45, 2.75) is 20.3 Å². The highest BCUT2D eigenvalue weighted by Gasteiger charge is 1.90. The number of aryl methyl sites for hydroxylation is 1. The second-order valence-corrected chi connectivity index (χ2v) is 2.52. The Labute approximate surface area is 67.8 Å². The molecular weight excluding hydrogens is 134 g/mol. The summed E-state index contributed by atoms with van der Waals surface area (Å²) in [6.07, 6.45) is 7.07. The van der Waals surface area contributed by atoms with E-state index in [9.17, 15) is 0 Å². The van der Waals surface area contributed by atoms with Gasteiger partial charge in [-0.15, -0.1) is 0 Å². The summed E-state index contributed by atoms with van der Waals surface area (Å²) in [5, 5.41) is 0. The molecule has 0 aromatic carbocycles. The number of hydrogen-bond donors (Lipinski definition) is 0. The van der Waals surface area contributed by atoms with Crippen molar-refractivity contribution in [3.8, 4) is 0 Å². The van der Waals surface area contributed by atoms with Gasteiger partial charge in [-0.3, -0.25) is 4.98 Å². The van der Waals surface area contributed by atoms with Crippen LogP contribution in [-0.4, -0.2) is 4.98 Å². The zero-order valence-electron chi connectivity index (χ0n) is 7.04. The van der Waals surface area contributed by atoms with Crippen molar-refractivity contribution in [1.29, 1.82) is 0 Å². The predicted octanol–water partition coefficient (Wildman–Crippen LogP) is 2.81. The highest BCUT2D eigenvalue weighted by Crippen LogP contribution is 2.04. The van der Waals surface area contributed by atoms with E-state index in [1.807, 2.05) is 12.3 Å². The van der Waals surface area contributed by atoms with Crippen LogP contribution in [0.5, 0.6) is 0 Å². The quantitative estimate of drug-likeness (QED) is 0.626. The molecule has 0 aliphatic heterocycles. The summed E-state index contributed by atoms with van der Waals surface area (Å²) >= 11 is 0. The number of nitrogens with zero attached hydrogens (tertiary/aromatic N) is 1. The Hall–Kier alpha value is -1.11. The molecule has 1 heterocycles. The molecule has 0 saturated carbocycles. The summed E-state index contributed by atoms with van der Waals surface area (Å²) in [5.41, 5.74) is 2.31. The lowest BCUT2D eigenvalue weighted by atomic mass is 10.2. The van der Waals surface area contributed by atoms with Gasteiger partial charge in [-0.1, -0.05) is 19.1 Å². The molecule has 1 nitrogen and oxygen atoms in total. The van der Waals surface area contributed by atoms with Gasteiger partial charge in [0.1, 0.15) is 0 Å². The number of aromatic nitrogens is 1. The number of pyridine rings is 1. The number of hydrogen-bond acceptors (Lipinski definition) is 1. The van der Waals surface area contributed by atoms with Gasteiger partial charge in [0, 0.05) is 6.20 Å². The minimum absolute atomic E-state index is 1.07. The van der Waals surface area contributed by atoms with Gasteiger partial charge in [0.25, 0.3) is 0 Å². The average molecular weight is 147 g/mol. The van der Waals surface area contributed by atoms with Crippen molar-refractivity contribution in [3.05, 3.63) is 35.7 Å². The molecule has 0 saturated heterocycles. The molecule has 1 aromatic rings. The van der Waals surface area contributed by atoms with E-state index in [1.54, 1.807) is 0 Å². The first kappa shape index (κ1) is 7.99. The molecule has 0 radical (unpaired) electrons. The monoisotopic (exact) mass is 147 g/mol. The molecule has 0 unspecified atom stereocenters. The minimum atomic E-state index is 1.07. The SMILES string of the molecule is CC/C=C/c1ncccc1C. The van der Waals surface area contributed by atoms with Crippen LogP contribution in [0.25, 0.3) is 6.08 Å². The van der Waals surface area contributed by atoms with E-state index >= 15 is 0 Å². The highest BCUT2D eigenvalue weighted by atomic mass is 14.7. The van der Waals surface area contributed by atoms with Gasteiger partial charge >= 0.3 is 0 Å². The second kappa shape index (κ2) is 3.91. The van der Waals surface area contributed by atoms with E-state index in [1.165, 1.54) is 5.56 Å². The number of allylic oxidation sites excluding steroid dienone is 1. The minimum Gasteiger partial charge on any atom is -0.257 e. The third-order valence-electron chi connectivity index (χ3n) is 1.56. The Kier molecular flexibility index (Phi) is 2.84. The average Bonchev–Trinajstić information content (AvgIpc) is 2.03. The molecule has 1 heteroatoms. The van der Waals surface area contributed by atoms with Crippen molar-refractivity contribution in [1.82, 2.24) is 4.98 Å². The molecular formula is C10H13N. The van der Waals surface area contributed by atoms with Crippen molar-refractivity contribution in [2.75, 3.05) is 0 Å². The fraction of sp³-hybridized carbons (Fsp3) is 0.300. The topological polar surface area (TPSA) is 12.9 Å². The van der Waals surface area contributed by atoms with Gasteiger partial charge in [0.2, 0.25) is 0 Å². The van der Waals surface area contributed by atoms with E-state index in [-0.39, 0.29) is 0 Å². The number of rotatable bonds is 2. The van der Waals surface area contributed by atoms with Gasteiger partial charge in [0.15, 0.2) is 0 Å². The summed E-state index contributed by atoms with van der Waals surface area (Å²) in [6, 6.07) is 4.03. The molecule has 0 N–H and O–H groups in total. The first-order chi connectivity index (χ1) is 5.34. The van der Waals surface area contributed by atoms with Gasteiger partial charge in [-0.05, 0) is 31.1 Å².